The molecule has 1 fully saturated rings. The Kier molecular flexibility index (Phi) is 4.66. The van der Waals surface area contributed by atoms with Gasteiger partial charge in [-0.1, -0.05) is 0 Å². The van der Waals surface area contributed by atoms with Gasteiger partial charge in [0.15, 0.2) is 0 Å². The van der Waals surface area contributed by atoms with Crippen LogP contribution in [0.5, 0.6) is 0 Å². The number of aromatic nitrogens is 2. The fourth-order valence-electron chi connectivity index (χ4n) is 2.58. The molecular formula is C13H22BrN3O2. The first kappa shape index (κ1) is 15.0. The molecule has 2 rings (SSSR count). The van der Waals surface area contributed by atoms with Gasteiger partial charge in [-0.05, 0) is 29.9 Å². The molecule has 1 aromatic rings. The summed E-state index contributed by atoms with van der Waals surface area (Å²) in [7, 11) is 3.98. The van der Waals surface area contributed by atoms with Crippen molar-refractivity contribution in [3.05, 3.63) is 15.9 Å². The highest BCUT2D eigenvalue weighted by Gasteiger charge is 2.31. The first-order chi connectivity index (χ1) is 8.91. The first-order valence-electron chi connectivity index (χ1n) is 6.58. The van der Waals surface area contributed by atoms with E-state index >= 15 is 0 Å². The first-order valence-corrected chi connectivity index (χ1v) is 7.37. The second kappa shape index (κ2) is 5.91. The average Bonchev–Trinajstić information content (AvgIpc) is 2.56. The maximum absolute atomic E-state index is 10.5. The lowest BCUT2D eigenvalue weighted by Gasteiger charge is -2.35. The summed E-state index contributed by atoms with van der Waals surface area (Å²) < 4.78 is 8.26. The van der Waals surface area contributed by atoms with E-state index in [9.17, 15) is 5.11 Å². The van der Waals surface area contributed by atoms with Crippen molar-refractivity contribution in [1.29, 1.82) is 0 Å². The quantitative estimate of drug-likeness (QED) is 0.907. The summed E-state index contributed by atoms with van der Waals surface area (Å²) in [4.78, 5) is 2.15. The molecule has 0 amide bonds. The van der Waals surface area contributed by atoms with E-state index in [2.05, 4.69) is 25.9 Å². The van der Waals surface area contributed by atoms with Crippen LogP contribution in [0.1, 0.15) is 24.2 Å². The summed E-state index contributed by atoms with van der Waals surface area (Å²) in [6.45, 7) is 4.71. The molecule has 2 heterocycles. The topological polar surface area (TPSA) is 50.5 Å². The largest absolute Gasteiger partial charge is 0.388 e. The van der Waals surface area contributed by atoms with Crippen LogP contribution in [0.25, 0.3) is 0 Å². The molecule has 1 saturated heterocycles. The van der Waals surface area contributed by atoms with Crippen LogP contribution in [-0.2, 0) is 18.3 Å². The molecule has 0 bridgehead atoms. The highest BCUT2D eigenvalue weighted by atomic mass is 79.9. The van der Waals surface area contributed by atoms with Crippen molar-refractivity contribution in [3.63, 3.8) is 0 Å². The summed E-state index contributed by atoms with van der Waals surface area (Å²) in [6, 6.07) is 0. The van der Waals surface area contributed by atoms with Crippen molar-refractivity contribution in [1.82, 2.24) is 14.7 Å². The maximum Gasteiger partial charge on any atom is 0.0817 e. The van der Waals surface area contributed by atoms with Crippen molar-refractivity contribution in [2.75, 3.05) is 26.8 Å². The molecule has 1 aliphatic rings. The molecule has 108 valence electrons. The van der Waals surface area contributed by atoms with Gasteiger partial charge < -0.3 is 9.84 Å². The average molecular weight is 332 g/mol. The van der Waals surface area contributed by atoms with E-state index in [1.807, 2.05) is 25.7 Å². The molecule has 0 spiro atoms. The molecule has 6 heteroatoms. The van der Waals surface area contributed by atoms with Crippen LogP contribution in [0.2, 0.25) is 0 Å². The van der Waals surface area contributed by atoms with E-state index in [0.29, 0.717) is 32.6 Å². The number of aryl methyl sites for hydroxylation is 2. The molecule has 5 nitrogen and oxygen atoms in total. The van der Waals surface area contributed by atoms with Crippen LogP contribution in [0, 0.1) is 6.92 Å². The molecule has 0 radical (unpaired) electrons. The normalized spacial score (nSPS) is 19.1. The lowest BCUT2D eigenvalue weighted by molar-refractivity contribution is -0.0779. The van der Waals surface area contributed by atoms with Crippen molar-refractivity contribution in [3.8, 4) is 0 Å². The lowest BCUT2D eigenvalue weighted by atomic mass is 9.94. The molecule has 0 unspecified atom stereocenters. The number of hydrogen-bond donors (Lipinski definition) is 1. The highest BCUT2D eigenvalue weighted by Crippen LogP contribution is 2.24. The number of rotatable bonds is 4. The number of aliphatic hydroxyl groups is 1. The van der Waals surface area contributed by atoms with Crippen molar-refractivity contribution >= 4 is 15.9 Å². The van der Waals surface area contributed by atoms with E-state index in [0.717, 1.165) is 22.4 Å². The lowest BCUT2D eigenvalue weighted by Crippen LogP contribution is -2.45. The monoisotopic (exact) mass is 331 g/mol. The zero-order valence-electron chi connectivity index (χ0n) is 11.8. The van der Waals surface area contributed by atoms with Crippen LogP contribution in [0.15, 0.2) is 4.47 Å². The second-order valence-electron chi connectivity index (χ2n) is 5.48. The summed E-state index contributed by atoms with van der Waals surface area (Å²) in [5, 5.41) is 14.9. The van der Waals surface area contributed by atoms with Gasteiger partial charge in [0, 0.05) is 46.2 Å². The molecule has 19 heavy (non-hydrogen) atoms. The maximum atomic E-state index is 10.5. The fraction of sp³-hybridized carbons (Fsp3) is 0.769. The Balaban J connectivity index is 1.99. The minimum absolute atomic E-state index is 0.618. The van der Waals surface area contributed by atoms with Crippen LogP contribution in [0.4, 0.5) is 0 Å². The Morgan fingerprint density at radius 1 is 1.47 bits per heavy atom. The highest BCUT2D eigenvalue weighted by molar-refractivity contribution is 9.10. The van der Waals surface area contributed by atoms with Gasteiger partial charge in [-0.2, -0.15) is 5.10 Å². The van der Waals surface area contributed by atoms with Gasteiger partial charge in [-0.15, -0.1) is 0 Å². The Labute approximate surface area is 122 Å². The zero-order chi connectivity index (χ0) is 14.0. The van der Waals surface area contributed by atoms with Crippen molar-refractivity contribution in [2.45, 2.75) is 31.9 Å². The van der Waals surface area contributed by atoms with Crippen LogP contribution in [0.3, 0.4) is 0 Å². The van der Waals surface area contributed by atoms with E-state index in [-0.39, 0.29) is 0 Å². The van der Waals surface area contributed by atoms with Crippen LogP contribution < -0.4 is 0 Å². The van der Waals surface area contributed by atoms with Crippen LogP contribution >= 0.6 is 15.9 Å². The molecule has 1 aromatic heterocycles. The Morgan fingerprint density at radius 2 is 2.11 bits per heavy atom. The third-order valence-corrected chi connectivity index (χ3v) is 4.70. The number of hydrogen-bond acceptors (Lipinski definition) is 4. The predicted molar refractivity (Wildman–Crippen MR) is 77.0 cm³/mol. The fourth-order valence-corrected chi connectivity index (χ4v) is 3.04. The third-order valence-electron chi connectivity index (χ3n) is 3.67. The van der Waals surface area contributed by atoms with Gasteiger partial charge in [0.05, 0.1) is 21.5 Å². The summed E-state index contributed by atoms with van der Waals surface area (Å²) in [6.07, 6.45) is 1.42. The minimum atomic E-state index is -0.618. The SMILES string of the molecule is Cc1nn(C)c(CN(C)CC2(O)CCOCC2)c1Br. The van der Waals surface area contributed by atoms with Gasteiger partial charge in [0.25, 0.3) is 0 Å². The summed E-state index contributed by atoms with van der Waals surface area (Å²) >= 11 is 3.58. The van der Waals surface area contributed by atoms with Gasteiger partial charge in [0.2, 0.25) is 0 Å². The standard InChI is InChI=1S/C13H22BrN3O2/c1-10-12(14)11(17(3)15-10)8-16(2)9-13(18)4-6-19-7-5-13/h18H,4-9H2,1-3H3. The molecule has 1 aliphatic heterocycles. The van der Waals surface area contributed by atoms with Crippen molar-refractivity contribution < 1.29 is 9.84 Å². The van der Waals surface area contributed by atoms with Gasteiger partial charge in [-0.3, -0.25) is 9.58 Å². The second-order valence-corrected chi connectivity index (χ2v) is 6.27. The molecular weight excluding hydrogens is 310 g/mol. The van der Waals surface area contributed by atoms with E-state index < -0.39 is 5.60 Å². The zero-order valence-corrected chi connectivity index (χ0v) is 13.4. The van der Waals surface area contributed by atoms with Crippen LogP contribution in [-0.4, -0.2) is 52.2 Å². The Hall–Kier alpha value is -0.430. The Bertz CT molecular complexity index is 441. The third kappa shape index (κ3) is 3.56. The number of likely N-dealkylation sites (N-methyl/N-ethyl adjacent to an activating group) is 1. The van der Waals surface area contributed by atoms with Gasteiger partial charge in [-0.25, -0.2) is 0 Å². The van der Waals surface area contributed by atoms with E-state index in [4.69, 9.17) is 4.74 Å². The predicted octanol–water partition coefficient (Wildman–Crippen LogP) is 1.46. The van der Waals surface area contributed by atoms with E-state index in [1.54, 1.807) is 0 Å². The number of ether oxygens (including phenoxy) is 1. The minimum Gasteiger partial charge on any atom is -0.388 e. The molecule has 1 N–H and O–H groups in total. The molecule has 0 atom stereocenters. The molecule has 0 saturated carbocycles. The van der Waals surface area contributed by atoms with Gasteiger partial charge >= 0.3 is 0 Å². The number of nitrogens with zero attached hydrogens (tertiary/aromatic N) is 3. The van der Waals surface area contributed by atoms with Crippen molar-refractivity contribution in [2.24, 2.45) is 7.05 Å². The van der Waals surface area contributed by atoms with E-state index in [1.165, 1.54) is 0 Å². The number of halogens is 1. The Morgan fingerprint density at radius 3 is 2.63 bits per heavy atom. The molecule has 0 aromatic carbocycles. The molecule has 0 aliphatic carbocycles. The summed E-state index contributed by atoms with van der Waals surface area (Å²) in [5.74, 6) is 0. The summed E-state index contributed by atoms with van der Waals surface area (Å²) in [5.41, 5.74) is 1.51. The smallest absolute Gasteiger partial charge is 0.0817 e. The van der Waals surface area contributed by atoms with Gasteiger partial charge in [0.1, 0.15) is 0 Å².